The summed E-state index contributed by atoms with van der Waals surface area (Å²) < 4.78 is 1.48. The van der Waals surface area contributed by atoms with Crippen molar-refractivity contribution in [2.24, 2.45) is 5.92 Å². The normalized spacial score (nSPS) is 11.0. The van der Waals surface area contributed by atoms with Gasteiger partial charge in [0.05, 0.1) is 10.4 Å². The second kappa shape index (κ2) is 7.51. The Morgan fingerprint density at radius 2 is 1.82 bits per heavy atom. The molecule has 0 saturated heterocycles. The minimum absolute atomic E-state index is 0.120. The number of pyridine rings is 1. The zero-order valence-electron chi connectivity index (χ0n) is 15.4. The van der Waals surface area contributed by atoms with Gasteiger partial charge in [0, 0.05) is 29.8 Å². The average molecular weight is 381 g/mol. The molecule has 0 bridgehead atoms. The number of carbonyl (C=O) groups is 1. The number of aromatic nitrogens is 1. The molecule has 0 unspecified atom stereocenters. The summed E-state index contributed by atoms with van der Waals surface area (Å²) in [7, 11) is 0. The number of benzene rings is 2. The van der Waals surface area contributed by atoms with Gasteiger partial charge < -0.3 is 15.0 Å². The predicted octanol–water partition coefficient (Wildman–Crippen LogP) is 3.52. The molecule has 1 aromatic heterocycles. The summed E-state index contributed by atoms with van der Waals surface area (Å²) in [4.78, 5) is 35.9. The summed E-state index contributed by atoms with van der Waals surface area (Å²) in [6.45, 7) is 4.28. The first-order chi connectivity index (χ1) is 13.3. The first-order valence-corrected chi connectivity index (χ1v) is 8.70. The van der Waals surface area contributed by atoms with Gasteiger partial charge in [-0.1, -0.05) is 26.0 Å². The van der Waals surface area contributed by atoms with Crippen molar-refractivity contribution in [3.63, 3.8) is 0 Å². The number of nitro benzene ring substituents is 1. The Hall–Kier alpha value is -3.68. The molecule has 2 N–H and O–H groups in total. The molecule has 0 atom stereocenters. The maximum Gasteiger partial charge on any atom is 0.269 e. The van der Waals surface area contributed by atoms with Crippen LogP contribution < -0.4 is 10.9 Å². The number of nitrogens with zero attached hydrogens (tertiary/aromatic N) is 2. The zero-order valence-corrected chi connectivity index (χ0v) is 15.4. The maximum atomic E-state index is 13.0. The minimum Gasteiger partial charge on any atom is -0.506 e. The van der Waals surface area contributed by atoms with Crippen molar-refractivity contribution >= 4 is 28.2 Å². The lowest BCUT2D eigenvalue weighted by Gasteiger charge is -2.16. The Labute approximate surface area is 160 Å². The summed E-state index contributed by atoms with van der Waals surface area (Å²) in [5.74, 6) is -1.02. The fourth-order valence-corrected chi connectivity index (χ4v) is 3.00. The van der Waals surface area contributed by atoms with Crippen LogP contribution in [0.5, 0.6) is 5.75 Å². The molecule has 0 fully saturated rings. The lowest BCUT2D eigenvalue weighted by atomic mass is 10.1. The number of carbonyl (C=O) groups excluding carboxylic acids is 1. The van der Waals surface area contributed by atoms with Crippen molar-refractivity contribution in [1.82, 2.24) is 4.57 Å². The number of hydrogen-bond acceptors (Lipinski definition) is 5. The fourth-order valence-electron chi connectivity index (χ4n) is 3.00. The Bertz CT molecular complexity index is 1120. The van der Waals surface area contributed by atoms with Gasteiger partial charge in [-0.2, -0.15) is 0 Å². The molecule has 0 radical (unpaired) electrons. The minimum atomic E-state index is -0.778. The summed E-state index contributed by atoms with van der Waals surface area (Å²) in [6, 6.07) is 12.0. The van der Waals surface area contributed by atoms with Crippen LogP contribution >= 0.6 is 0 Å². The SMILES string of the molecule is CC(C)Cn1c(=O)c(C(=O)Nc2ccc([N+](=O)[O-])cc2)c(O)c2ccccc21. The second-order valence-electron chi connectivity index (χ2n) is 6.81. The maximum absolute atomic E-state index is 13.0. The molecule has 8 heteroatoms. The number of non-ortho nitro benzene ring substituents is 1. The van der Waals surface area contributed by atoms with E-state index in [1.807, 2.05) is 13.8 Å². The Morgan fingerprint density at radius 3 is 2.43 bits per heavy atom. The Morgan fingerprint density at radius 1 is 1.18 bits per heavy atom. The van der Waals surface area contributed by atoms with Crippen LogP contribution in [0.2, 0.25) is 0 Å². The third kappa shape index (κ3) is 3.57. The van der Waals surface area contributed by atoms with Crippen molar-refractivity contribution in [3.8, 4) is 5.75 Å². The van der Waals surface area contributed by atoms with Crippen LogP contribution in [0, 0.1) is 16.0 Å². The van der Waals surface area contributed by atoms with E-state index in [0.29, 0.717) is 17.4 Å². The van der Waals surface area contributed by atoms with E-state index in [-0.39, 0.29) is 28.6 Å². The average Bonchev–Trinajstić information content (AvgIpc) is 2.65. The van der Waals surface area contributed by atoms with Gasteiger partial charge in [-0.05, 0) is 30.2 Å². The Kier molecular flexibility index (Phi) is 5.12. The van der Waals surface area contributed by atoms with Gasteiger partial charge in [0.15, 0.2) is 0 Å². The number of rotatable bonds is 5. The van der Waals surface area contributed by atoms with E-state index in [4.69, 9.17) is 0 Å². The Balaban J connectivity index is 2.07. The summed E-state index contributed by atoms with van der Waals surface area (Å²) in [5, 5.41) is 24.2. The number of nitro groups is 1. The van der Waals surface area contributed by atoms with Gasteiger partial charge in [-0.25, -0.2) is 0 Å². The van der Waals surface area contributed by atoms with E-state index >= 15 is 0 Å². The number of hydrogen-bond donors (Lipinski definition) is 2. The van der Waals surface area contributed by atoms with Gasteiger partial charge in [0.25, 0.3) is 17.2 Å². The van der Waals surface area contributed by atoms with Gasteiger partial charge in [-0.3, -0.25) is 19.7 Å². The largest absolute Gasteiger partial charge is 0.506 e. The van der Waals surface area contributed by atoms with E-state index in [1.165, 1.54) is 28.8 Å². The number of amides is 1. The molecule has 144 valence electrons. The van der Waals surface area contributed by atoms with E-state index in [0.717, 1.165) is 0 Å². The lowest BCUT2D eigenvalue weighted by molar-refractivity contribution is -0.384. The third-order valence-electron chi connectivity index (χ3n) is 4.26. The molecule has 0 spiro atoms. The summed E-state index contributed by atoms with van der Waals surface area (Å²) in [6.07, 6.45) is 0. The van der Waals surface area contributed by atoms with Crippen molar-refractivity contribution < 1.29 is 14.8 Å². The van der Waals surface area contributed by atoms with Gasteiger partial charge in [0.1, 0.15) is 11.3 Å². The van der Waals surface area contributed by atoms with E-state index in [2.05, 4.69) is 5.32 Å². The predicted molar refractivity (Wildman–Crippen MR) is 106 cm³/mol. The van der Waals surface area contributed by atoms with Gasteiger partial charge in [0.2, 0.25) is 0 Å². The molecule has 28 heavy (non-hydrogen) atoms. The molecule has 1 amide bonds. The molecule has 0 aliphatic heterocycles. The number of fused-ring (bicyclic) bond motifs is 1. The summed E-state index contributed by atoms with van der Waals surface area (Å²) in [5.41, 5.74) is -0.253. The standard InChI is InChI=1S/C20H19N3O5/c1-12(2)11-22-16-6-4-3-5-15(16)18(24)17(20(22)26)19(25)21-13-7-9-14(10-8-13)23(27)28/h3-10,12,24H,11H2,1-2H3,(H,21,25). The first kappa shape index (κ1) is 19.1. The lowest BCUT2D eigenvalue weighted by Crippen LogP contribution is -2.31. The van der Waals surface area contributed by atoms with Crippen LogP contribution in [-0.2, 0) is 6.54 Å². The highest BCUT2D eigenvalue weighted by atomic mass is 16.6. The smallest absolute Gasteiger partial charge is 0.269 e. The van der Waals surface area contributed by atoms with E-state index in [9.17, 15) is 24.8 Å². The molecular weight excluding hydrogens is 362 g/mol. The van der Waals surface area contributed by atoms with Crippen molar-refractivity contribution in [2.45, 2.75) is 20.4 Å². The molecule has 3 aromatic rings. The van der Waals surface area contributed by atoms with Crippen molar-refractivity contribution in [1.29, 1.82) is 0 Å². The van der Waals surface area contributed by atoms with Crippen LogP contribution in [0.1, 0.15) is 24.2 Å². The monoisotopic (exact) mass is 381 g/mol. The van der Waals surface area contributed by atoms with Crippen LogP contribution in [0.3, 0.4) is 0 Å². The number of nitrogens with one attached hydrogen (secondary N) is 1. The number of anilines is 1. The van der Waals surface area contributed by atoms with Gasteiger partial charge in [-0.15, -0.1) is 0 Å². The van der Waals surface area contributed by atoms with E-state index in [1.54, 1.807) is 24.3 Å². The molecule has 2 aromatic carbocycles. The molecule has 8 nitrogen and oxygen atoms in total. The van der Waals surface area contributed by atoms with Crippen molar-refractivity contribution in [2.75, 3.05) is 5.32 Å². The fraction of sp³-hybridized carbons (Fsp3) is 0.200. The summed E-state index contributed by atoms with van der Waals surface area (Å²) >= 11 is 0. The highest BCUT2D eigenvalue weighted by molar-refractivity contribution is 6.09. The molecule has 0 aliphatic rings. The molecule has 0 aliphatic carbocycles. The van der Waals surface area contributed by atoms with Crippen LogP contribution in [0.4, 0.5) is 11.4 Å². The van der Waals surface area contributed by atoms with Crippen molar-refractivity contribution in [3.05, 3.63) is 74.6 Å². The molecule has 1 heterocycles. The van der Waals surface area contributed by atoms with Crippen LogP contribution in [0.15, 0.2) is 53.3 Å². The van der Waals surface area contributed by atoms with E-state index < -0.39 is 16.4 Å². The first-order valence-electron chi connectivity index (χ1n) is 8.70. The van der Waals surface area contributed by atoms with Crippen LogP contribution in [-0.4, -0.2) is 20.5 Å². The van der Waals surface area contributed by atoms with Gasteiger partial charge >= 0.3 is 0 Å². The number of aromatic hydroxyl groups is 1. The third-order valence-corrected chi connectivity index (χ3v) is 4.26. The highest BCUT2D eigenvalue weighted by Gasteiger charge is 2.22. The molecule has 3 rings (SSSR count). The zero-order chi connectivity index (χ0) is 20.4. The molecular formula is C20H19N3O5. The second-order valence-corrected chi connectivity index (χ2v) is 6.81. The topological polar surface area (TPSA) is 114 Å². The van der Waals surface area contributed by atoms with Crippen LogP contribution in [0.25, 0.3) is 10.9 Å². The molecule has 0 saturated carbocycles. The highest BCUT2D eigenvalue weighted by Crippen LogP contribution is 2.27. The number of para-hydroxylation sites is 1. The quantitative estimate of drug-likeness (QED) is 0.518.